The van der Waals surface area contributed by atoms with E-state index in [2.05, 4.69) is 21.2 Å². The third-order valence-corrected chi connectivity index (χ3v) is 4.09. The van der Waals surface area contributed by atoms with Crippen molar-refractivity contribution in [1.82, 2.24) is 5.32 Å². The Morgan fingerprint density at radius 3 is 2.76 bits per heavy atom. The van der Waals surface area contributed by atoms with Crippen LogP contribution in [0.2, 0.25) is 0 Å². The van der Waals surface area contributed by atoms with Crippen LogP contribution in [0.1, 0.15) is 38.3 Å². The van der Waals surface area contributed by atoms with Crippen LogP contribution in [0.4, 0.5) is 4.79 Å². The summed E-state index contributed by atoms with van der Waals surface area (Å²) in [6.07, 6.45) is 1.15. The van der Waals surface area contributed by atoms with Gasteiger partial charge in [0.1, 0.15) is 5.60 Å². The van der Waals surface area contributed by atoms with E-state index in [9.17, 15) is 9.59 Å². The van der Waals surface area contributed by atoms with Gasteiger partial charge < -0.3 is 10.1 Å². The molecule has 4 nitrogen and oxygen atoms in total. The Morgan fingerprint density at radius 2 is 2.10 bits per heavy atom. The number of ketones is 1. The van der Waals surface area contributed by atoms with E-state index in [4.69, 9.17) is 4.74 Å². The number of ether oxygens (including phenoxy) is 1. The molecule has 0 fully saturated rings. The van der Waals surface area contributed by atoms with Crippen LogP contribution in [-0.4, -0.2) is 23.5 Å². The molecule has 0 aromatic heterocycles. The fourth-order valence-corrected chi connectivity index (χ4v) is 3.02. The lowest BCUT2D eigenvalue weighted by Crippen LogP contribution is -2.43. The van der Waals surface area contributed by atoms with Gasteiger partial charge in [0.15, 0.2) is 5.78 Å². The first-order chi connectivity index (χ1) is 9.76. The maximum Gasteiger partial charge on any atom is 0.408 e. The number of halogens is 1. The first-order valence-corrected chi connectivity index (χ1v) is 7.84. The van der Waals surface area contributed by atoms with Crippen LogP contribution < -0.4 is 5.32 Å². The number of rotatable bonds is 1. The first-order valence-electron chi connectivity index (χ1n) is 7.05. The molecule has 1 aliphatic rings. The average molecular weight is 354 g/mol. The standard InChI is InChI=1S/C16H20BrNO3/c1-16(2,3)21-15(20)18-13-8-7-11-10(9-14(13)19)5-4-6-12(11)17/h4-6,13H,7-9H2,1-3H3,(H,18,20). The Bertz CT molecular complexity index is 563. The molecule has 0 heterocycles. The van der Waals surface area contributed by atoms with Gasteiger partial charge in [0.25, 0.3) is 0 Å². The van der Waals surface area contributed by atoms with Gasteiger partial charge in [-0.25, -0.2) is 4.79 Å². The number of Topliss-reactive ketones (excluding diaryl/α,β-unsaturated/α-hetero) is 1. The Balaban J connectivity index is 2.07. The third kappa shape index (κ3) is 4.30. The molecule has 1 aromatic rings. The van der Waals surface area contributed by atoms with E-state index in [0.717, 1.165) is 22.0 Å². The zero-order valence-corrected chi connectivity index (χ0v) is 14.1. The number of carbonyl (C=O) groups is 2. The van der Waals surface area contributed by atoms with E-state index < -0.39 is 17.7 Å². The summed E-state index contributed by atoms with van der Waals surface area (Å²) in [5, 5.41) is 2.69. The third-order valence-electron chi connectivity index (χ3n) is 3.34. The highest BCUT2D eigenvalue weighted by atomic mass is 79.9. The molecular formula is C16H20BrNO3. The van der Waals surface area contributed by atoms with Crippen LogP contribution in [0.5, 0.6) is 0 Å². The van der Waals surface area contributed by atoms with E-state index >= 15 is 0 Å². The minimum atomic E-state index is -0.566. The highest BCUT2D eigenvalue weighted by molar-refractivity contribution is 9.10. The first kappa shape index (κ1) is 16.0. The zero-order valence-electron chi connectivity index (χ0n) is 12.5. The quantitative estimate of drug-likeness (QED) is 0.787. The lowest BCUT2D eigenvalue weighted by atomic mass is 10.0. The molecule has 0 spiro atoms. The lowest BCUT2D eigenvalue weighted by molar-refractivity contribution is -0.120. The number of carbonyl (C=O) groups excluding carboxylic acids is 2. The van der Waals surface area contributed by atoms with Crippen molar-refractivity contribution in [3.63, 3.8) is 0 Å². The predicted molar refractivity (Wildman–Crippen MR) is 84.3 cm³/mol. The number of fused-ring (bicyclic) bond motifs is 1. The van der Waals surface area contributed by atoms with Gasteiger partial charge in [0.05, 0.1) is 6.04 Å². The van der Waals surface area contributed by atoms with Crippen molar-refractivity contribution >= 4 is 27.8 Å². The number of hydrogen-bond donors (Lipinski definition) is 1. The summed E-state index contributed by atoms with van der Waals surface area (Å²) >= 11 is 3.52. The number of alkyl carbamates (subject to hydrolysis) is 1. The SMILES string of the molecule is CC(C)(C)OC(=O)NC1CCc2c(Br)cccc2CC1=O. The number of hydrogen-bond acceptors (Lipinski definition) is 3. The number of amides is 1. The Morgan fingerprint density at radius 1 is 1.38 bits per heavy atom. The number of nitrogens with one attached hydrogen (secondary N) is 1. The van der Waals surface area contributed by atoms with E-state index in [1.807, 2.05) is 18.2 Å². The molecule has 0 bridgehead atoms. The van der Waals surface area contributed by atoms with Gasteiger partial charge in [-0.2, -0.15) is 0 Å². The number of benzene rings is 1. The van der Waals surface area contributed by atoms with E-state index in [0.29, 0.717) is 12.8 Å². The Hall–Kier alpha value is -1.36. The molecule has 114 valence electrons. The summed E-state index contributed by atoms with van der Waals surface area (Å²) in [6, 6.07) is 5.38. The minimum Gasteiger partial charge on any atom is -0.444 e. The minimum absolute atomic E-state index is 0.0257. The molecular weight excluding hydrogens is 334 g/mol. The van der Waals surface area contributed by atoms with Gasteiger partial charge >= 0.3 is 6.09 Å². The summed E-state index contributed by atoms with van der Waals surface area (Å²) < 4.78 is 6.24. The van der Waals surface area contributed by atoms with Crippen LogP contribution >= 0.6 is 15.9 Å². The van der Waals surface area contributed by atoms with Gasteiger partial charge in [0.2, 0.25) is 0 Å². The summed E-state index contributed by atoms with van der Waals surface area (Å²) in [5.74, 6) is 0.0257. The van der Waals surface area contributed by atoms with Gasteiger partial charge in [-0.3, -0.25) is 4.79 Å². The molecule has 0 radical (unpaired) electrons. The van der Waals surface area contributed by atoms with Gasteiger partial charge in [-0.15, -0.1) is 0 Å². The molecule has 21 heavy (non-hydrogen) atoms. The highest BCUT2D eigenvalue weighted by Gasteiger charge is 2.27. The molecule has 1 atom stereocenters. The summed E-state index contributed by atoms with van der Waals surface area (Å²) in [7, 11) is 0. The van der Waals surface area contributed by atoms with Crippen molar-refractivity contribution in [2.45, 2.75) is 51.7 Å². The molecule has 0 saturated carbocycles. The van der Waals surface area contributed by atoms with Crippen LogP contribution in [0.25, 0.3) is 0 Å². The van der Waals surface area contributed by atoms with E-state index in [1.54, 1.807) is 20.8 Å². The summed E-state index contributed by atoms with van der Waals surface area (Å²) in [6.45, 7) is 5.40. The van der Waals surface area contributed by atoms with Crippen LogP contribution in [-0.2, 0) is 22.4 Å². The normalized spacial score (nSPS) is 18.7. The second-order valence-electron chi connectivity index (χ2n) is 6.26. The van der Waals surface area contributed by atoms with Crippen molar-refractivity contribution in [3.8, 4) is 0 Å². The molecule has 0 aliphatic heterocycles. The molecule has 1 unspecified atom stereocenters. The van der Waals surface area contributed by atoms with Gasteiger partial charge in [-0.05, 0) is 50.8 Å². The van der Waals surface area contributed by atoms with Crippen molar-refractivity contribution in [2.75, 3.05) is 0 Å². The summed E-state index contributed by atoms with van der Waals surface area (Å²) in [4.78, 5) is 24.1. The molecule has 5 heteroatoms. The Labute approximate surface area is 133 Å². The zero-order chi connectivity index (χ0) is 15.6. The summed E-state index contributed by atoms with van der Waals surface area (Å²) in [5.41, 5.74) is 1.62. The van der Waals surface area contributed by atoms with Crippen LogP contribution in [0.3, 0.4) is 0 Å². The predicted octanol–water partition coefficient (Wildman–Crippen LogP) is 3.40. The van der Waals surface area contributed by atoms with Crippen molar-refractivity contribution < 1.29 is 14.3 Å². The lowest BCUT2D eigenvalue weighted by Gasteiger charge is -2.22. The largest absolute Gasteiger partial charge is 0.444 e. The monoisotopic (exact) mass is 353 g/mol. The van der Waals surface area contributed by atoms with Crippen molar-refractivity contribution in [3.05, 3.63) is 33.8 Å². The topological polar surface area (TPSA) is 55.4 Å². The van der Waals surface area contributed by atoms with E-state index in [-0.39, 0.29) is 5.78 Å². The molecule has 1 aliphatic carbocycles. The second-order valence-corrected chi connectivity index (χ2v) is 7.11. The average Bonchev–Trinajstić information content (AvgIpc) is 2.48. The van der Waals surface area contributed by atoms with Crippen molar-refractivity contribution in [1.29, 1.82) is 0 Å². The maximum atomic E-state index is 12.3. The molecule has 1 aromatic carbocycles. The highest BCUT2D eigenvalue weighted by Crippen LogP contribution is 2.26. The van der Waals surface area contributed by atoms with Crippen LogP contribution in [0, 0.1) is 0 Å². The molecule has 2 rings (SSSR count). The fourth-order valence-electron chi connectivity index (χ4n) is 2.41. The van der Waals surface area contributed by atoms with Crippen molar-refractivity contribution in [2.24, 2.45) is 0 Å². The smallest absolute Gasteiger partial charge is 0.408 e. The van der Waals surface area contributed by atoms with E-state index in [1.165, 1.54) is 0 Å². The maximum absolute atomic E-state index is 12.3. The Kier molecular flexibility index (Phi) is 4.71. The molecule has 0 saturated heterocycles. The van der Waals surface area contributed by atoms with Gasteiger partial charge in [0, 0.05) is 10.9 Å². The molecule has 1 amide bonds. The second kappa shape index (κ2) is 6.18. The fraction of sp³-hybridized carbons (Fsp3) is 0.500. The van der Waals surface area contributed by atoms with Gasteiger partial charge in [-0.1, -0.05) is 28.1 Å². The molecule has 1 N–H and O–H groups in total. The van der Waals surface area contributed by atoms with Crippen LogP contribution in [0.15, 0.2) is 22.7 Å².